The fourth-order valence-corrected chi connectivity index (χ4v) is 1.16. The van der Waals surface area contributed by atoms with E-state index in [4.69, 9.17) is 0 Å². The van der Waals surface area contributed by atoms with Crippen LogP contribution in [0.2, 0.25) is 0 Å². The maximum Gasteiger partial charge on any atom is 0.217 e. The third-order valence-corrected chi connectivity index (χ3v) is 2.04. The van der Waals surface area contributed by atoms with Gasteiger partial charge in [0.1, 0.15) is 0 Å². The first-order valence-corrected chi connectivity index (χ1v) is 5.10. The Hall–Kier alpha value is -1.95. The van der Waals surface area contributed by atoms with Crippen LogP contribution in [0.15, 0.2) is 24.3 Å². The van der Waals surface area contributed by atoms with Crippen LogP contribution in [0.1, 0.15) is 12.5 Å². The molecule has 3 heteroatoms. The van der Waals surface area contributed by atoms with E-state index in [0.29, 0.717) is 6.54 Å². The Bertz CT molecular complexity index is 410. The molecule has 0 saturated carbocycles. The molecular formula is C13H16N2O. The third kappa shape index (κ3) is 4.05. The van der Waals surface area contributed by atoms with E-state index in [1.54, 1.807) is 0 Å². The minimum absolute atomic E-state index is 0.0581. The molecule has 1 N–H and O–H groups in total. The Kier molecular flexibility index (Phi) is 4.41. The fraction of sp³-hybridized carbons (Fsp3) is 0.308. The maximum absolute atomic E-state index is 10.6. The highest BCUT2D eigenvalue weighted by molar-refractivity contribution is 5.73. The summed E-state index contributed by atoms with van der Waals surface area (Å²) in [7, 11) is 3.99. The van der Waals surface area contributed by atoms with Gasteiger partial charge in [-0.2, -0.15) is 0 Å². The second-order valence-electron chi connectivity index (χ2n) is 3.65. The summed E-state index contributed by atoms with van der Waals surface area (Å²) in [5.74, 6) is 5.81. The average molecular weight is 216 g/mol. The maximum atomic E-state index is 10.6. The number of nitrogens with zero attached hydrogens (tertiary/aromatic N) is 1. The summed E-state index contributed by atoms with van der Waals surface area (Å²) in [4.78, 5) is 12.6. The van der Waals surface area contributed by atoms with Gasteiger partial charge in [-0.05, 0) is 24.3 Å². The van der Waals surface area contributed by atoms with Gasteiger partial charge >= 0.3 is 0 Å². The van der Waals surface area contributed by atoms with E-state index in [0.717, 1.165) is 11.3 Å². The summed E-state index contributed by atoms with van der Waals surface area (Å²) in [6, 6.07) is 7.97. The van der Waals surface area contributed by atoms with Crippen LogP contribution < -0.4 is 10.2 Å². The van der Waals surface area contributed by atoms with Crippen LogP contribution in [0.25, 0.3) is 0 Å². The Morgan fingerprint density at radius 3 is 2.44 bits per heavy atom. The molecule has 0 fully saturated rings. The van der Waals surface area contributed by atoms with E-state index >= 15 is 0 Å². The minimum atomic E-state index is -0.0581. The van der Waals surface area contributed by atoms with Gasteiger partial charge in [0.25, 0.3) is 0 Å². The monoisotopic (exact) mass is 216 g/mol. The first-order valence-electron chi connectivity index (χ1n) is 5.10. The number of rotatable bonds is 2. The van der Waals surface area contributed by atoms with E-state index < -0.39 is 0 Å². The van der Waals surface area contributed by atoms with Crippen molar-refractivity contribution in [2.24, 2.45) is 0 Å². The van der Waals surface area contributed by atoms with Gasteiger partial charge in [0.05, 0.1) is 6.54 Å². The lowest BCUT2D eigenvalue weighted by molar-refractivity contribution is -0.118. The van der Waals surface area contributed by atoms with Crippen molar-refractivity contribution in [1.82, 2.24) is 5.32 Å². The van der Waals surface area contributed by atoms with E-state index in [1.165, 1.54) is 6.92 Å². The molecule has 1 rings (SSSR count). The van der Waals surface area contributed by atoms with E-state index in [-0.39, 0.29) is 5.91 Å². The molecule has 0 aliphatic heterocycles. The topological polar surface area (TPSA) is 32.3 Å². The first kappa shape index (κ1) is 12.1. The smallest absolute Gasteiger partial charge is 0.217 e. The highest BCUT2D eigenvalue weighted by Crippen LogP contribution is 2.11. The van der Waals surface area contributed by atoms with Crippen LogP contribution in [-0.4, -0.2) is 26.5 Å². The lowest BCUT2D eigenvalue weighted by Crippen LogP contribution is -2.19. The molecule has 0 atom stereocenters. The molecule has 0 unspecified atom stereocenters. The second-order valence-corrected chi connectivity index (χ2v) is 3.65. The molecule has 0 saturated heterocycles. The number of benzene rings is 1. The number of carbonyl (C=O) groups excluding carboxylic acids is 1. The highest BCUT2D eigenvalue weighted by Gasteiger charge is 1.93. The summed E-state index contributed by atoms with van der Waals surface area (Å²) >= 11 is 0. The van der Waals surface area contributed by atoms with Crippen molar-refractivity contribution >= 4 is 11.6 Å². The van der Waals surface area contributed by atoms with Gasteiger partial charge in [0.2, 0.25) is 5.91 Å². The van der Waals surface area contributed by atoms with E-state index in [9.17, 15) is 4.79 Å². The standard InChI is InChI=1S/C13H16N2O/c1-11(16)14-10-4-5-12-6-8-13(9-7-12)15(2)3/h6-9H,10H2,1-3H3,(H,14,16). The lowest BCUT2D eigenvalue weighted by Gasteiger charge is -2.11. The Morgan fingerprint density at radius 1 is 1.31 bits per heavy atom. The van der Waals surface area contributed by atoms with Crippen LogP contribution in [0.5, 0.6) is 0 Å². The van der Waals surface area contributed by atoms with Gasteiger partial charge in [-0.1, -0.05) is 11.8 Å². The quantitative estimate of drug-likeness (QED) is 0.754. The predicted molar refractivity (Wildman–Crippen MR) is 66.3 cm³/mol. The predicted octanol–water partition coefficient (Wildman–Crippen LogP) is 1.24. The molecule has 1 aromatic rings. The summed E-state index contributed by atoms with van der Waals surface area (Å²) < 4.78 is 0. The van der Waals surface area contributed by atoms with Crippen molar-refractivity contribution in [3.8, 4) is 11.8 Å². The summed E-state index contributed by atoms with van der Waals surface area (Å²) in [5, 5.41) is 2.62. The summed E-state index contributed by atoms with van der Waals surface area (Å²) in [6.45, 7) is 1.87. The van der Waals surface area contributed by atoms with Crippen molar-refractivity contribution in [2.45, 2.75) is 6.92 Å². The molecular weight excluding hydrogens is 200 g/mol. The molecule has 1 aromatic carbocycles. The molecule has 16 heavy (non-hydrogen) atoms. The van der Waals surface area contributed by atoms with Gasteiger partial charge in [-0.3, -0.25) is 4.79 Å². The molecule has 0 spiro atoms. The van der Waals surface area contributed by atoms with Gasteiger partial charge in [-0.25, -0.2) is 0 Å². The minimum Gasteiger partial charge on any atom is -0.378 e. The van der Waals surface area contributed by atoms with Crippen LogP contribution >= 0.6 is 0 Å². The summed E-state index contributed by atoms with van der Waals surface area (Å²) in [5.41, 5.74) is 2.10. The molecule has 1 amide bonds. The zero-order valence-corrected chi connectivity index (χ0v) is 9.87. The normalized spacial score (nSPS) is 8.94. The third-order valence-electron chi connectivity index (χ3n) is 2.04. The van der Waals surface area contributed by atoms with Gasteiger partial charge in [0.15, 0.2) is 0 Å². The molecule has 0 aliphatic carbocycles. The van der Waals surface area contributed by atoms with Crippen molar-refractivity contribution in [3.05, 3.63) is 29.8 Å². The first-order chi connectivity index (χ1) is 7.59. The van der Waals surface area contributed by atoms with Crippen molar-refractivity contribution < 1.29 is 4.79 Å². The SMILES string of the molecule is CC(=O)NCC#Cc1ccc(N(C)C)cc1. The zero-order chi connectivity index (χ0) is 12.0. The fourth-order valence-electron chi connectivity index (χ4n) is 1.16. The van der Waals surface area contributed by atoms with Crippen LogP contribution in [0, 0.1) is 11.8 Å². The molecule has 0 radical (unpaired) electrons. The Morgan fingerprint density at radius 2 is 1.94 bits per heavy atom. The zero-order valence-electron chi connectivity index (χ0n) is 9.87. The lowest BCUT2D eigenvalue weighted by atomic mass is 10.2. The largest absolute Gasteiger partial charge is 0.378 e. The molecule has 0 aliphatic rings. The number of carbonyl (C=O) groups is 1. The summed E-state index contributed by atoms with van der Waals surface area (Å²) in [6.07, 6.45) is 0. The molecule has 84 valence electrons. The number of nitrogens with one attached hydrogen (secondary N) is 1. The average Bonchev–Trinajstić information content (AvgIpc) is 2.25. The number of amides is 1. The van der Waals surface area contributed by atoms with Gasteiger partial charge in [-0.15, -0.1) is 0 Å². The number of anilines is 1. The van der Waals surface area contributed by atoms with Crippen LogP contribution in [0.4, 0.5) is 5.69 Å². The van der Waals surface area contributed by atoms with Crippen LogP contribution in [0.3, 0.4) is 0 Å². The van der Waals surface area contributed by atoms with Crippen molar-refractivity contribution in [2.75, 3.05) is 25.5 Å². The molecule has 3 nitrogen and oxygen atoms in total. The number of hydrogen-bond donors (Lipinski definition) is 1. The molecule has 0 heterocycles. The van der Waals surface area contributed by atoms with Crippen LogP contribution in [-0.2, 0) is 4.79 Å². The van der Waals surface area contributed by atoms with Gasteiger partial charge in [0, 0.05) is 32.3 Å². The van der Waals surface area contributed by atoms with Gasteiger partial charge < -0.3 is 10.2 Å². The van der Waals surface area contributed by atoms with Crippen molar-refractivity contribution in [1.29, 1.82) is 0 Å². The van der Waals surface area contributed by atoms with Crippen molar-refractivity contribution in [3.63, 3.8) is 0 Å². The van der Waals surface area contributed by atoms with E-state index in [1.807, 2.05) is 43.3 Å². The van der Waals surface area contributed by atoms with E-state index in [2.05, 4.69) is 17.2 Å². The number of hydrogen-bond acceptors (Lipinski definition) is 2. The molecule has 0 aromatic heterocycles. The highest BCUT2D eigenvalue weighted by atomic mass is 16.1. The molecule has 0 bridgehead atoms. The second kappa shape index (κ2) is 5.82. The Balaban J connectivity index is 2.58. The Labute approximate surface area is 96.5 Å².